The number of methoxy groups -OCH3 is 1. The lowest BCUT2D eigenvalue weighted by molar-refractivity contribution is 0.0588. The molecule has 0 fully saturated rings. The molecule has 0 aliphatic rings. The highest BCUT2D eigenvalue weighted by Gasteiger charge is 2.07. The summed E-state index contributed by atoms with van der Waals surface area (Å²) >= 11 is 0. The second kappa shape index (κ2) is 4.99. The lowest BCUT2D eigenvalue weighted by atomic mass is 10.2. The predicted molar refractivity (Wildman–Crippen MR) is 47.5 cm³/mol. The molecule has 1 aromatic heterocycles. The van der Waals surface area contributed by atoms with Crippen LogP contribution in [0.25, 0.3) is 0 Å². The minimum absolute atomic E-state index is 0.493. The Hall–Kier alpha value is -0.870. The summed E-state index contributed by atoms with van der Waals surface area (Å²) in [5.74, 6) is 0.852. The summed E-state index contributed by atoms with van der Waals surface area (Å²) in [5, 5.41) is 3.87. The Kier molecular flexibility index (Phi) is 3.92. The van der Waals surface area contributed by atoms with E-state index in [0.29, 0.717) is 19.8 Å². The van der Waals surface area contributed by atoms with Crippen molar-refractivity contribution in [1.29, 1.82) is 0 Å². The highest BCUT2D eigenvalue weighted by Crippen LogP contribution is 2.11. The van der Waals surface area contributed by atoms with Gasteiger partial charge in [-0.15, -0.1) is 0 Å². The highest BCUT2D eigenvalue weighted by atomic mass is 16.5. The lowest BCUT2D eigenvalue weighted by Gasteiger charge is -2.00. The van der Waals surface area contributed by atoms with Crippen molar-refractivity contribution in [2.75, 3.05) is 20.3 Å². The molecular formula is C9H15NO3. The molecule has 0 amide bonds. The summed E-state index contributed by atoms with van der Waals surface area (Å²) in [4.78, 5) is 0. The van der Waals surface area contributed by atoms with Crippen LogP contribution in [0.4, 0.5) is 0 Å². The maximum atomic E-state index is 5.31. The number of ether oxygens (including phenoxy) is 2. The summed E-state index contributed by atoms with van der Waals surface area (Å²) < 4.78 is 15.1. The van der Waals surface area contributed by atoms with Gasteiger partial charge in [0.05, 0.1) is 19.8 Å². The third-order valence-electron chi connectivity index (χ3n) is 1.92. The van der Waals surface area contributed by atoms with E-state index in [0.717, 1.165) is 17.0 Å². The standard InChI is InChI=1S/C9H15NO3/c1-7-8(2)13-10-9(7)6-12-5-4-11-3/h4-6H2,1-3H3. The Balaban J connectivity index is 2.32. The third kappa shape index (κ3) is 2.82. The van der Waals surface area contributed by atoms with E-state index in [1.54, 1.807) is 7.11 Å². The minimum Gasteiger partial charge on any atom is -0.382 e. The minimum atomic E-state index is 0.493. The van der Waals surface area contributed by atoms with Crippen LogP contribution < -0.4 is 0 Å². The molecule has 0 radical (unpaired) electrons. The number of hydrogen-bond acceptors (Lipinski definition) is 4. The van der Waals surface area contributed by atoms with Crippen LogP contribution in [0.5, 0.6) is 0 Å². The van der Waals surface area contributed by atoms with Crippen molar-refractivity contribution in [3.05, 3.63) is 17.0 Å². The van der Waals surface area contributed by atoms with Crippen LogP contribution in [0.1, 0.15) is 17.0 Å². The Bertz CT molecular complexity index is 257. The third-order valence-corrected chi connectivity index (χ3v) is 1.92. The van der Waals surface area contributed by atoms with Crippen LogP contribution in [-0.2, 0) is 16.1 Å². The fourth-order valence-electron chi connectivity index (χ4n) is 0.909. The maximum Gasteiger partial charge on any atom is 0.136 e. The van der Waals surface area contributed by atoms with Crippen LogP contribution in [0.15, 0.2) is 4.52 Å². The molecule has 1 aromatic rings. The predicted octanol–water partition coefficient (Wildman–Crippen LogP) is 1.45. The van der Waals surface area contributed by atoms with Crippen LogP contribution in [0, 0.1) is 13.8 Å². The maximum absolute atomic E-state index is 5.31. The first kappa shape index (κ1) is 10.2. The number of aryl methyl sites for hydroxylation is 1. The van der Waals surface area contributed by atoms with Crippen molar-refractivity contribution in [3.63, 3.8) is 0 Å². The van der Waals surface area contributed by atoms with Gasteiger partial charge in [0, 0.05) is 12.7 Å². The molecule has 13 heavy (non-hydrogen) atoms. The van der Waals surface area contributed by atoms with Crippen molar-refractivity contribution in [2.45, 2.75) is 20.5 Å². The molecule has 0 aromatic carbocycles. The number of aromatic nitrogens is 1. The topological polar surface area (TPSA) is 44.5 Å². The lowest BCUT2D eigenvalue weighted by Crippen LogP contribution is -2.02. The van der Waals surface area contributed by atoms with Crippen LogP contribution in [-0.4, -0.2) is 25.5 Å². The molecule has 0 bridgehead atoms. The van der Waals surface area contributed by atoms with Gasteiger partial charge in [0.15, 0.2) is 0 Å². The van der Waals surface area contributed by atoms with Gasteiger partial charge in [-0.2, -0.15) is 0 Å². The van der Waals surface area contributed by atoms with E-state index in [-0.39, 0.29) is 0 Å². The van der Waals surface area contributed by atoms with E-state index in [1.165, 1.54) is 0 Å². The fraction of sp³-hybridized carbons (Fsp3) is 0.667. The largest absolute Gasteiger partial charge is 0.382 e. The van der Waals surface area contributed by atoms with Gasteiger partial charge in [0.25, 0.3) is 0 Å². The molecular weight excluding hydrogens is 170 g/mol. The molecule has 0 saturated heterocycles. The van der Waals surface area contributed by atoms with Gasteiger partial charge < -0.3 is 14.0 Å². The quantitative estimate of drug-likeness (QED) is 0.651. The molecule has 0 unspecified atom stereocenters. The Labute approximate surface area is 77.8 Å². The average molecular weight is 185 g/mol. The first-order valence-corrected chi connectivity index (χ1v) is 4.24. The Morgan fingerprint density at radius 3 is 2.62 bits per heavy atom. The van der Waals surface area contributed by atoms with Crippen molar-refractivity contribution >= 4 is 0 Å². The second-order valence-corrected chi connectivity index (χ2v) is 2.86. The van der Waals surface area contributed by atoms with Crippen LogP contribution in [0.2, 0.25) is 0 Å². The monoisotopic (exact) mass is 185 g/mol. The van der Waals surface area contributed by atoms with Crippen molar-refractivity contribution in [2.24, 2.45) is 0 Å². The van der Waals surface area contributed by atoms with Crippen molar-refractivity contribution < 1.29 is 14.0 Å². The first-order valence-electron chi connectivity index (χ1n) is 4.24. The zero-order chi connectivity index (χ0) is 9.68. The number of hydrogen-bond donors (Lipinski definition) is 0. The van der Waals surface area contributed by atoms with Crippen LogP contribution >= 0.6 is 0 Å². The normalized spacial score (nSPS) is 10.7. The molecule has 0 aliphatic carbocycles. The van der Waals surface area contributed by atoms with Gasteiger partial charge in [-0.3, -0.25) is 0 Å². The van der Waals surface area contributed by atoms with E-state index in [1.807, 2.05) is 13.8 Å². The molecule has 4 heteroatoms. The second-order valence-electron chi connectivity index (χ2n) is 2.86. The summed E-state index contributed by atoms with van der Waals surface area (Å²) in [5.41, 5.74) is 1.94. The van der Waals surface area contributed by atoms with E-state index in [4.69, 9.17) is 14.0 Å². The molecule has 0 aliphatic heterocycles. The molecule has 0 N–H and O–H groups in total. The Morgan fingerprint density at radius 2 is 2.08 bits per heavy atom. The van der Waals surface area contributed by atoms with E-state index >= 15 is 0 Å². The Morgan fingerprint density at radius 1 is 1.31 bits per heavy atom. The molecule has 0 saturated carbocycles. The average Bonchev–Trinajstić information content (AvgIpc) is 2.43. The highest BCUT2D eigenvalue weighted by molar-refractivity contribution is 5.18. The number of nitrogens with zero attached hydrogens (tertiary/aromatic N) is 1. The van der Waals surface area contributed by atoms with E-state index in [9.17, 15) is 0 Å². The zero-order valence-electron chi connectivity index (χ0n) is 8.29. The molecule has 1 rings (SSSR count). The molecule has 4 nitrogen and oxygen atoms in total. The summed E-state index contributed by atoms with van der Waals surface area (Å²) in [6.07, 6.45) is 0. The summed E-state index contributed by atoms with van der Waals surface area (Å²) in [6.45, 7) is 5.55. The van der Waals surface area contributed by atoms with Crippen molar-refractivity contribution in [1.82, 2.24) is 5.16 Å². The number of rotatable bonds is 5. The van der Waals surface area contributed by atoms with Gasteiger partial charge in [0.2, 0.25) is 0 Å². The van der Waals surface area contributed by atoms with Crippen LogP contribution in [0.3, 0.4) is 0 Å². The molecule has 0 atom stereocenters. The SMILES string of the molecule is COCCOCc1noc(C)c1C. The van der Waals surface area contributed by atoms with E-state index in [2.05, 4.69) is 5.16 Å². The van der Waals surface area contributed by atoms with Gasteiger partial charge in [-0.1, -0.05) is 5.16 Å². The summed E-state index contributed by atoms with van der Waals surface area (Å²) in [7, 11) is 1.65. The van der Waals surface area contributed by atoms with Gasteiger partial charge in [-0.05, 0) is 13.8 Å². The van der Waals surface area contributed by atoms with Gasteiger partial charge >= 0.3 is 0 Å². The first-order chi connectivity index (χ1) is 6.25. The summed E-state index contributed by atoms with van der Waals surface area (Å²) in [6, 6.07) is 0. The smallest absolute Gasteiger partial charge is 0.136 e. The molecule has 74 valence electrons. The van der Waals surface area contributed by atoms with Crippen molar-refractivity contribution in [3.8, 4) is 0 Å². The molecule has 0 spiro atoms. The zero-order valence-corrected chi connectivity index (χ0v) is 8.29. The van der Waals surface area contributed by atoms with Gasteiger partial charge in [0.1, 0.15) is 11.5 Å². The van der Waals surface area contributed by atoms with E-state index < -0.39 is 0 Å². The fourth-order valence-corrected chi connectivity index (χ4v) is 0.909. The molecule has 1 heterocycles. The van der Waals surface area contributed by atoms with Gasteiger partial charge in [-0.25, -0.2) is 0 Å².